The minimum atomic E-state index is -0.885. The fourth-order valence-electron chi connectivity index (χ4n) is 5.11. The lowest BCUT2D eigenvalue weighted by Gasteiger charge is -2.29. The van der Waals surface area contributed by atoms with E-state index in [0.717, 1.165) is 37.7 Å². The van der Waals surface area contributed by atoms with Gasteiger partial charge in [-0.2, -0.15) is 0 Å². The number of carbonyl (C=O) groups is 4. The first kappa shape index (κ1) is 26.4. The molecule has 0 bridgehead atoms. The zero-order valence-corrected chi connectivity index (χ0v) is 21.1. The van der Waals surface area contributed by atoms with Gasteiger partial charge in [0.2, 0.25) is 11.7 Å². The van der Waals surface area contributed by atoms with Crippen LogP contribution in [0.1, 0.15) is 50.5 Å². The molecule has 3 amide bonds. The molecule has 1 saturated carbocycles. The van der Waals surface area contributed by atoms with Crippen molar-refractivity contribution < 1.29 is 23.9 Å². The highest BCUT2D eigenvalue weighted by molar-refractivity contribution is 6.38. The lowest BCUT2D eigenvalue weighted by molar-refractivity contribution is -0.146. The van der Waals surface area contributed by atoms with Gasteiger partial charge in [0.05, 0.1) is 0 Å². The number of ketones is 1. The molecule has 4 rings (SSSR count). The van der Waals surface area contributed by atoms with Crippen molar-refractivity contribution >= 4 is 23.5 Å². The second kappa shape index (κ2) is 13.0. The number of amides is 3. The number of Topliss-reactive ketones (excluding diaryl/α,β-unsaturated/α-hetero) is 1. The SMILES string of the molecule is O=C(COc1ccccc1)N[C@@H](Cc1ccccc1)C(=O)N1CCCC1C(=O)C(=O)NC1CCCCC1. The molecule has 2 aliphatic rings. The van der Waals surface area contributed by atoms with Crippen molar-refractivity contribution in [3.05, 3.63) is 66.2 Å². The van der Waals surface area contributed by atoms with Crippen LogP contribution in [0.2, 0.25) is 0 Å². The predicted octanol–water partition coefficient (Wildman–Crippen LogP) is 2.80. The summed E-state index contributed by atoms with van der Waals surface area (Å²) in [6.45, 7) is 0.127. The molecule has 1 aliphatic carbocycles. The molecular formula is C29H35N3O5. The second-order valence-electron chi connectivity index (χ2n) is 9.77. The van der Waals surface area contributed by atoms with Crippen molar-refractivity contribution in [2.75, 3.05) is 13.2 Å². The van der Waals surface area contributed by atoms with E-state index in [1.807, 2.05) is 48.5 Å². The van der Waals surface area contributed by atoms with E-state index < -0.39 is 29.7 Å². The van der Waals surface area contributed by atoms with Gasteiger partial charge < -0.3 is 20.3 Å². The lowest BCUT2D eigenvalue weighted by Crippen LogP contribution is -2.55. The molecule has 1 aliphatic heterocycles. The number of ether oxygens (including phenoxy) is 1. The summed E-state index contributed by atoms with van der Waals surface area (Å²) in [5, 5.41) is 5.68. The van der Waals surface area contributed by atoms with Crippen LogP contribution in [0.4, 0.5) is 0 Å². The van der Waals surface area contributed by atoms with E-state index in [0.29, 0.717) is 25.1 Å². The van der Waals surface area contributed by atoms with E-state index in [2.05, 4.69) is 10.6 Å². The number of nitrogens with zero attached hydrogens (tertiary/aromatic N) is 1. The van der Waals surface area contributed by atoms with Crippen LogP contribution in [0.15, 0.2) is 60.7 Å². The quantitative estimate of drug-likeness (QED) is 0.483. The Morgan fingerprint density at radius 2 is 1.54 bits per heavy atom. The highest BCUT2D eigenvalue weighted by Gasteiger charge is 2.40. The van der Waals surface area contributed by atoms with Crippen molar-refractivity contribution in [1.82, 2.24) is 15.5 Å². The van der Waals surface area contributed by atoms with Gasteiger partial charge in [-0.3, -0.25) is 19.2 Å². The van der Waals surface area contributed by atoms with E-state index >= 15 is 0 Å². The number of hydrogen-bond donors (Lipinski definition) is 2. The van der Waals surface area contributed by atoms with Crippen molar-refractivity contribution in [3.8, 4) is 5.75 Å². The Hall–Kier alpha value is -3.68. The summed E-state index contributed by atoms with van der Waals surface area (Å²) in [5.74, 6) is -1.43. The third-order valence-corrected chi connectivity index (χ3v) is 7.03. The van der Waals surface area contributed by atoms with Gasteiger partial charge in [0.25, 0.3) is 11.8 Å². The summed E-state index contributed by atoms with van der Waals surface area (Å²) in [4.78, 5) is 53.7. The molecule has 2 aromatic rings. The highest BCUT2D eigenvalue weighted by atomic mass is 16.5. The smallest absolute Gasteiger partial charge is 0.289 e. The Kier molecular flexibility index (Phi) is 9.29. The lowest BCUT2D eigenvalue weighted by atomic mass is 9.95. The van der Waals surface area contributed by atoms with Gasteiger partial charge in [-0.25, -0.2) is 0 Å². The molecule has 1 saturated heterocycles. The summed E-state index contributed by atoms with van der Waals surface area (Å²) in [7, 11) is 0. The van der Waals surface area contributed by atoms with E-state index in [4.69, 9.17) is 4.74 Å². The van der Waals surface area contributed by atoms with Gasteiger partial charge in [-0.1, -0.05) is 67.8 Å². The first-order chi connectivity index (χ1) is 18.0. The van der Waals surface area contributed by atoms with E-state index in [1.54, 1.807) is 12.1 Å². The van der Waals surface area contributed by atoms with Crippen molar-refractivity contribution in [3.63, 3.8) is 0 Å². The maximum Gasteiger partial charge on any atom is 0.289 e. The third kappa shape index (κ3) is 7.41. The molecule has 196 valence electrons. The topological polar surface area (TPSA) is 105 Å². The van der Waals surface area contributed by atoms with E-state index in [1.165, 1.54) is 4.90 Å². The maximum atomic E-state index is 13.7. The number of carbonyl (C=O) groups excluding carboxylic acids is 4. The molecule has 1 heterocycles. The molecule has 0 aromatic heterocycles. The highest BCUT2D eigenvalue weighted by Crippen LogP contribution is 2.22. The standard InChI is InChI=1S/C29H35N3O5/c33-26(20-37-23-15-8-3-9-16-23)31-24(19-21-11-4-1-5-12-21)29(36)32-18-10-17-25(32)27(34)28(35)30-22-13-6-2-7-14-22/h1,3-5,8-9,11-12,15-16,22,24-25H,2,6-7,10,13-14,17-20H2,(H,30,35)(H,31,33)/t24-,25?/m0/s1. The summed E-state index contributed by atoms with van der Waals surface area (Å²) in [6.07, 6.45) is 6.32. The number of para-hydroxylation sites is 1. The molecular weight excluding hydrogens is 470 g/mol. The van der Waals surface area contributed by atoms with Crippen LogP contribution in [-0.4, -0.2) is 59.7 Å². The minimum absolute atomic E-state index is 0.0190. The zero-order valence-electron chi connectivity index (χ0n) is 21.1. The average molecular weight is 506 g/mol. The van der Waals surface area contributed by atoms with Gasteiger partial charge in [0, 0.05) is 19.0 Å². The normalized spacial score (nSPS) is 18.6. The molecule has 0 radical (unpaired) electrons. The Balaban J connectivity index is 1.42. The van der Waals surface area contributed by atoms with E-state index in [9.17, 15) is 19.2 Å². The van der Waals surface area contributed by atoms with Gasteiger partial charge in [0.1, 0.15) is 17.8 Å². The Bertz CT molecular complexity index is 1070. The Labute approximate surface area is 217 Å². The third-order valence-electron chi connectivity index (χ3n) is 7.03. The molecule has 2 aromatic carbocycles. The average Bonchev–Trinajstić information content (AvgIpc) is 3.42. The molecule has 1 unspecified atom stereocenters. The van der Waals surface area contributed by atoms with Crippen molar-refractivity contribution in [2.24, 2.45) is 0 Å². The maximum absolute atomic E-state index is 13.7. The summed E-state index contributed by atoms with van der Waals surface area (Å²) in [5.41, 5.74) is 0.877. The van der Waals surface area contributed by atoms with Crippen LogP contribution in [0.3, 0.4) is 0 Å². The summed E-state index contributed by atoms with van der Waals surface area (Å²) >= 11 is 0. The first-order valence-electron chi connectivity index (χ1n) is 13.2. The molecule has 2 N–H and O–H groups in total. The molecule has 8 heteroatoms. The largest absolute Gasteiger partial charge is 0.484 e. The number of rotatable bonds is 10. The van der Waals surface area contributed by atoms with Crippen LogP contribution >= 0.6 is 0 Å². The van der Waals surface area contributed by atoms with E-state index in [-0.39, 0.29) is 25.0 Å². The monoisotopic (exact) mass is 505 g/mol. The van der Waals surface area contributed by atoms with Crippen LogP contribution in [-0.2, 0) is 25.6 Å². The fraction of sp³-hybridized carbons (Fsp3) is 0.448. The van der Waals surface area contributed by atoms with Crippen molar-refractivity contribution in [2.45, 2.75) is 69.5 Å². The molecule has 0 spiro atoms. The van der Waals surface area contributed by atoms with Gasteiger partial charge >= 0.3 is 0 Å². The van der Waals surface area contributed by atoms with Gasteiger partial charge in [-0.15, -0.1) is 0 Å². The fourth-order valence-corrected chi connectivity index (χ4v) is 5.11. The summed E-state index contributed by atoms with van der Waals surface area (Å²) < 4.78 is 5.54. The number of hydrogen-bond acceptors (Lipinski definition) is 5. The molecule has 2 atom stereocenters. The Morgan fingerprint density at radius 3 is 2.24 bits per heavy atom. The number of nitrogens with one attached hydrogen (secondary N) is 2. The Morgan fingerprint density at radius 1 is 0.865 bits per heavy atom. The predicted molar refractivity (Wildman–Crippen MR) is 139 cm³/mol. The van der Waals surface area contributed by atoms with Crippen LogP contribution < -0.4 is 15.4 Å². The van der Waals surface area contributed by atoms with Crippen molar-refractivity contribution in [1.29, 1.82) is 0 Å². The molecule has 8 nitrogen and oxygen atoms in total. The van der Waals surface area contributed by atoms with Crippen LogP contribution in [0.5, 0.6) is 5.75 Å². The molecule has 37 heavy (non-hydrogen) atoms. The van der Waals surface area contributed by atoms with Crippen LogP contribution in [0.25, 0.3) is 0 Å². The number of likely N-dealkylation sites (tertiary alicyclic amines) is 1. The van der Waals surface area contributed by atoms with Gasteiger partial charge in [0.15, 0.2) is 6.61 Å². The summed E-state index contributed by atoms with van der Waals surface area (Å²) in [6, 6.07) is 16.7. The van der Waals surface area contributed by atoms with Gasteiger partial charge in [-0.05, 0) is 43.4 Å². The first-order valence-corrected chi connectivity index (χ1v) is 13.2. The zero-order chi connectivity index (χ0) is 26.0. The van der Waals surface area contributed by atoms with Crippen LogP contribution in [0, 0.1) is 0 Å². The minimum Gasteiger partial charge on any atom is -0.484 e. The second-order valence-corrected chi connectivity index (χ2v) is 9.77. The molecule has 2 fully saturated rings. The number of benzene rings is 2.